The van der Waals surface area contributed by atoms with Crippen molar-refractivity contribution in [1.29, 1.82) is 0 Å². The average Bonchev–Trinajstić information content (AvgIpc) is 2.35. The summed E-state index contributed by atoms with van der Waals surface area (Å²) < 4.78 is 0. The Morgan fingerprint density at radius 1 is 1.28 bits per heavy atom. The molecule has 18 heavy (non-hydrogen) atoms. The van der Waals surface area contributed by atoms with E-state index in [-0.39, 0.29) is 24.9 Å². The Bertz CT molecular complexity index is 296. The zero-order chi connectivity index (χ0) is 13.5. The molecule has 1 fully saturated rings. The second kappa shape index (κ2) is 7.33. The van der Waals surface area contributed by atoms with Crippen molar-refractivity contribution >= 4 is 11.9 Å². The van der Waals surface area contributed by atoms with E-state index in [1.807, 2.05) is 0 Å². The fourth-order valence-corrected chi connectivity index (χ4v) is 2.44. The van der Waals surface area contributed by atoms with Crippen molar-refractivity contribution in [2.45, 2.75) is 38.1 Å². The first-order valence-corrected chi connectivity index (χ1v) is 6.40. The van der Waals surface area contributed by atoms with Gasteiger partial charge in [-0.05, 0) is 24.7 Å². The number of carboxylic acids is 1. The van der Waals surface area contributed by atoms with Crippen LogP contribution in [0, 0.1) is 11.8 Å². The Labute approximate surface area is 107 Å². The number of carbonyl (C=O) groups excluding carboxylic acids is 1. The van der Waals surface area contributed by atoms with Crippen molar-refractivity contribution in [2.24, 2.45) is 17.6 Å². The summed E-state index contributed by atoms with van der Waals surface area (Å²) in [5.41, 5.74) is 5.46. The number of aliphatic hydroxyl groups excluding tert-OH is 1. The summed E-state index contributed by atoms with van der Waals surface area (Å²) in [6.45, 7) is 0.610. The standard InChI is InChI=1S/C12H22N2O4/c13-10(5-11(16)17)12(18)14-6-8-3-1-2-4-9(8)7-15/h8-10,15H,1-7,13H2,(H,14,18)(H,16,17). The highest BCUT2D eigenvalue weighted by Crippen LogP contribution is 2.28. The zero-order valence-corrected chi connectivity index (χ0v) is 10.5. The Morgan fingerprint density at radius 2 is 1.89 bits per heavy atom. The van der Waals surface area contributed by atoms with E-state index in [0.717, 1.165) is 25.7 Å². The number of rotatable bonds is 6. The predicted molar refractivity (Wildman–Crippen MR) is 65.8 cm³/mol. The van der Waals surface area contributed by atoms with Crippen LogP contribution in [-0.4, -0.2) is 41.3 Å². The highest BCUT2D eigenvalue weighted by Gasteiger charge is 2.25. The van der Waals surface area contributed by atoms with E-state index in [1.165, 1.54) is 0 Å². The van der Waals surface area contributed by atoms with Gasteiger partial charge in [0.25, 0.3) is 0 Å². The molecule has 5 N–H and O–H groups in total. The first-order valence-electron chi connectivity index (χ1n) is 6.40. The third kappa shape index (κ3) is 4.62. The number of nitrogens with two attached hydrogens (primary N) is 1. The second-order valence-corrected chi connectivity index (χ2v) is 4.94. The summed E-state index contributed by atoms with van der Waals surface area (Å²) in [7, 11) is 0. The molecule has 3 atom stereocenters. The fraction of sp³-hybridized carbons (Fsp3) is 0.833. The Hall–Kier alpha value is -1.14. The number of amides is 1. The van der Waals surface area contributed by atoms with Crippen LogP contribution in [0.1, 0.15) is 32.1 Å². The molecule has 0 aromatic rings. The molecule has 3 unspecified atom stereocenters. The summed E-state index contributed by atoms with van der Waals surface area (Å²) in [4.78, 5) is 22.0. The quantitative estimate of drug-likeness (QED) is 0.522. The molecule has 0 saturated heterocycles. The molecule has 1 saturated carbocycles. The molecule has 0 spiro atoms. The molecule has 6 nitrogen and oxygen atoms in total. The van der Waals surface area contributed by atoms with Gasteiger partial charge in [0, 0.05) is 13.2 Å². The maximum Gasteiger partial charge on any atom is 0.305 e. The summed E-state index contributed by atoms with van der Waals surface area (Å²) in [5.74, 6) is -1.01. The third-order valence-corrected chi connectivity index (χ3v) is 3.57. The summed E-state index contributed by atoms with van der Waals surface area (Å²) in [6, 6.07) is -1.00. The Kier molecular flexibility index (Phi) is 6.07. The number of carbonyl (C=O) groups is 2. The SMILES string of the molecule is NC(CC(=O)O)C(=O)NCC1CCCCC1CO. The minimum atomic E-state index is -1.08. The van der Waals surface area contributed by atoms with E-state index in [1.54, 1.807) is 0 Å². The number of nitrogens with one attached hydrogen (secondary N) is 1. The molecule has 0 aliphatic heterocycles. The van der Waals surface area contributed by atoms with Crippen molar-refractivity contribution in [2.75, 3.05) is 13.2 Å². The number of hydrogen-bond acceptors (Lipinski definition) is 4. The monoisotopic (exact) mass is 258 g/mol. The van der Waals surface area contributed by atoms with Crippen LogP contribution in [0.15, 0.2) is 0 Å². The number of hydrogen-bond donors (Lipinski definition) is 4. The molecule has 6 heteroatoms. The van der Waals surface area contributed by atoms with Crippen LogP contribution in [0.3, 0.4) is 0 Å². The minimum absolute atomic E-state index is 0.141. The molecule has 0 radical (unpaired) electrons. The van der Waals surface area contributed by atoms with Gasteiger partial charge in [0.2, 0.25) is 5.91 Å². The van der Waals surface area contributed by atoms with E-state index in [4.69, 9.17) is 10.8 Å². The Balaban J connectivity index is 2.34. The highest BCUT2D eigenvalue weighted by atomic mass is 16.4. The van der Waals surface area contributed by atoms with Gasteiger partial charge in [-0.2, -0.15) is 0 Å². The Morgan fingerprint density at radius 3 is 2.44 bits per heavy atom. The topological polar surface area (TPSA) is 113 Å². The maximum absolute atomic E-state index is 11.6. The largest absolute Gasteiger partial charge is 0.481 e. The molecule has 0 heterocycles. The van der Waals surface area contributed by atoms with Gasteiger partial charge in [0.05, 0.1) is 12.5 Å². The molecule has 1 amide bonds. The molecule has 1 rings (SSSR count). The first-order chi connectivity index (χ1) is 8.54. The van der Waals surface area contributed by atoms with E-state index in [9.17, 15) is 14.7 Å². The van der Waals surface area contributed by atoms with Crippen LogP contribution in [0.5, 0.6) is 0 Å². The lowest BCUT2D eigenvalue weighted by Crippen LogP contribution is -2.45. The minimum Gasteiger partial charge on any atom is -0.481 e. The van der Waals surface area contributed by atoms with Gasteiger partial charge < -0.3 is 21.3 Å². The summed E-state index contributed by atoms with van der Waals surface area (Å²) in [5, 5.41) is 20.5. The van der Waals surface area contributed by atoms with Crippen molar-refractivity contribution < 1.29 is 19.8 Å². The number of aliphatic carboxylic acids is 1. The van der Waals surface area contributed by atoms with Crippen LogP contribution in [0.25, 0.3) is 0 Å². The predicted octanol–water partition coefficient (Wildman–Crippen LogP) is -0.297. The zero-order valence-electron chi connectivity index (χ0n) is 10.5. The molecule has 1 aliphatic carbocycles. The van der Waals surface area contributed by atoms with Crippen LogP contribution in [0.4, 0.5) is 0 Å². The lowest BCUT2D eigenvalue weighted by Gasteiger charge is -2.30. The second-order valence-electron chi connectivity index (χ2n) is 4.94. The molecular formula is C12H22N2O4. The average molecular weight is 258 g/mol. The fourth-order valence-electron chi connectivity index (χ4n) is 2.44. The lowest BCUT2D eigenvalue weighted by atomic mass is 9.79. The van der Waals surface area contributed by atoms with Crippen LogP contribution in [-0.2, 0) is 9.59 Å². The number of carboxylic acid groups (broad SMARTS) is 1. The van der Waals surface area contributed by atoms with Crippen molar-refractivity contribution in [3.8, 4) is 0 Å². The maximum atomic E-state index is 11.6. The van der Waals surface area contributed by atoms with E-state index in [2.05, 4.69) is 5.32 Å². The first kappa shape index (κ1) is 14.9. The van der Waals surface area contributed by atoms with Gasteiger partial charge in [-0.1, -0.05) is 12.8 Å². The summed E-state index contributed by atoms with van der Waals surface area (Å²) >= 11 is 0. The van der Waals surface area contributed by atoms with E-state index >= 15 is 0 Å². The molecule has 0 aromatic carbocycles. The van der Waals surface area contributed by atoms with Gasteiger partial charge in [-0.3, -0.25) is 9.59 Å². The highest BCUT2D eigenvalue weighted by molar-refractivity contribution is 5.85. The molecule has 0 aromatic heterocycles. The third-order valence-electron chi connectivity index (χ3n) is 3.57. The number of aliphatic hydroxyl groups is 1. The normalized spacial score (nSPS) is 25.4. The van der Waals surface area contributed by atoms with E-state index < -0.39 is 17.9 Å². The van der Waals surface area contributed by atoms with Crippen LogP contribution in [0.2, 0.25) is 0 Å². The van der Waals surface area contributed by atoms with Gasteiger partial charge in [0.1, 0.15) is 0 Å². The molecule has 0 bridgehead atoms. The molecule has 1 aliphatic rings. The molecular weight excluding hydrogens is 236 g/mol. The van der Waals surface area contributed by atoms with Gasteiger partial charge in [-0.15, -0.1) is 0 Å². The molecule has 104 valence electrons. The van der Waals surface area contributed by atoms with Gasteiger partial charge in [0.15, 0.2) is 0 Å². The van der Waals surface area contributed by atoms with Crippen LogP contribution >= 0.6 is 0 Å². The van der Waals surface area contributed by atoms with Gasteiger partial charge >= 0.3 is 5.97 Å². The van der Waals surface area contributed by atoms with Crippen molar-refractivity contribution in [3.05, 3.63) is 0 Å². The smallest absolute Gasteiger partial charge is 0.305 e. The van der Waals surface area contributed by atoms with Crippen LogP contribution < -0.4 is 11.1 Å². The summed E-state index contributed by atoms with van der Waals surface area (Å²) in [6.07, 6.45) is 3.84. The van der Waals surface area contributed by atoms with Crippen molar-refractivity contribution in [1.82, 2.24) is 5.32 Å². The van der Waals surface area contributed by atoms with Gasteiger partial charge in [-0.25, -0.2) is 0 Å². The lowest BCUT2D eigenvalue weighted by molar-refractivity contribution is -0.139. The van der Waals surface area contributed by atoms with Crippen molar-refractivity contribution in [3.63, 3.8) is 0 Å². The van der Waals surface area contributed by atoms with E-state index in [0.29, 0.717) is 6.54 Å².